The Kier molecular flexibility index (Phi) is 6.97. The standard InChI is InChI=1S/C27H22ClN3O2S/c1-17-12-18(2)26(25(28)13-17)31(19(3)32)27-30-23(16-34-27)15-33-24-10-8-22(9-11-24)21-6-4-20(14-29)5-7-21/h4-13,16H,15H2,1-3H3. The average Bonchev–Trinajstić information content (AvgIpc) is 3.28. The fraction of sp³-hybridized carbons (Fsp3) is 0.148. The lowest BCUT2D eigenvalue weighted by Gasteiger charge is -2.22. The zero-order valence-electron chi connectivity index (χ0n) is 19.0. The van der Waals surface area contributed by atoms with E-state index in [-0.39, 0.29) is 12.5 Å². The Hall–Kier alpha value is -3.66. The Bertz CT molecular complexity index is 1350. The molecule has 7 heteroatoms. The number of nitriles is 1. The summed E-state index contributed by atoms with van der Waals surface area (Å²) in [6, 6.07) is 21.2. The molecular weight excluding hydrogens is 466 g/mol. The number of aryl methyl sites for hydroxylation is 2. The number of halogens is 1. The summed E-state index contributed by atoms with van der Waals surface area (Å²) in [5, 5.41) is 11.9. The number of anilines is 2. The van der Waals surface area contributed by atoms with Crippen LogP contribution < -0.4 is 9.64 Å². The van der Waals surface area contributed by atoms with Gasteiger partial charge in [-0.1, -0.05) is 41.9 Å². The van der Waals surface area contributed by atoms with Gasteiger partial charge in [0.05, 0.1) is 28.0 Å². The van der Waals surface area contributed by atoms with Crippen LogP contribution in [0.25, 0.3) is 11.1 Å². The number of carbonyl (C=O) groups is 1. The van der Waals surface area contributed by atoms with E-state index >= 15 is 0 Å². The van der Waals surface area contributed by atoms with Crippen LogP contribution >= 0.6 is 22.9 Å². The summed E-state index contributed by atoms with van der Waals surface area (Å²) >= 11 is 7.86. The molecule has 0 spiro atoms. The zero-order valence-corrected chi connectivity index (χ0v) is 20.6. The quantitative estimate of drug-likeness (QED) is 0.288. The van der Waals surface area contributed by atoms with E-state index in [0.717, 1.165) is 27.9 Å². The lowest BCUT2D eigenvalue weighted by molar-refractivity contribution is -0.115. The fourth-order valence-electron chi connectivity index (χ4n) is 3.68. The maximum Gasteiger partial charge on any atom is 0.230 e. The summed E-state index contributed by atoms with van der Waals surface area (Å²) in [6.45, 7) is 5.68. The summed E-state index contributed by atoms with van der Waals surface area (Å²) in [6.07, 6.45) is 0. The van der Waals surface area contributed by atoms with Crippen LogP contribution in [0.3, 0.4) is 0 Å². The van der Waals surface area contributed by atoms with Gasteiger partial charge in [0.25, 0.3) is 0 Å². The van der Waals surface area contributed by atoms with E-state index in [9.17, 15) is 4.79 Å². The van der Waals surface area contributed by atoms with Gasteiger partial charge in [-0.25, -0.2) is 4.98 Å². The minimum atomic E-state index is -0.158. The van der Waals surface area contributed by atoms with Crippen molar-refractivity contribution in [2.45, 2.75) is 27.4 Å². The van der Waals surface area contributed by atoms with Crippen LogP contribution in [-0.2, 0) is 11.4 Å². The number of benzene rings is 3. The smallest absolute Gasteiger partial charge is 0.230 e. The molecule has 0 bridgehead atoms. The largest absolute Gasteiger partial charge is 0.487 e. The van der Waals surface area contributed by atoms with E-state index in [4.69, 9.17) is 21.6 Å². The fourth-order valence-corrected chi connectivity index (χ4v) is 4.95. The first kappa shape index (κ1) is 23.5. The number of aromatic nitrogens is 1. The number of carbonyl (C=O) groups excluding carboxylic acids is 1. The van der Waals surface area contributed by atoms with E-state index in [0.29, 0.717) is 27.2 Å². The summed E-state index contributed by atoms with van der Waals surface area (Å²) in [5.74, 6) is 0.557. The van der Waals surface area contributed by atoms with Crippen molar-refractivity contribution in [3.05, 3.63) is 93.5 Å². The molecule has 0 unspecified atom stereocenters. The normalized spacial score (nSPS) is 10.6. The van der Waals surface area contributed by atoms with E-state index in [1.165, 1.54) is 18.3 Å². The molecule has 0 fully saturated rings. The van der Waals surface area contributed by atoms with Gasteiger partial charge in [0.2, 0.25) is 5.91 Å². The molecule has 0 radical (unpaired) electrons. The van der Waals surface area contributed by atoms with Crippen molar-refractivity contribution < 1.29 is 9.53 Å². The van der Waals surface area contributed by atoms with Crippen molar-refractivity contribution >= 4 is 39.7 Å². The number of ether oxygens (including phenoxy) is 1. The maximum atomic E-state index is 12.5. The molecule has 170 valence electrons. The highest BCUT2D eigenvalue weighted by Gasteiger charge is 2.22. The summed E-state index contributed by atoms with van der Waals surface area (Å²) < 4.78 is 5.91. The van der Waals surface area contributed by atoms with Gasteiger partial charge in [-0.2, -0.15) is 5.26 Å². The predicted octanol–water partition coefficient (Wildman–Crippen LogP) is 7.22. The summed E-state index contributed by atoms with van der Waals surface area (Å²) in [4.78, 5) is 18.7. The summed E-state index contributed by atoms with van der Waals surface area (Å²) in [7, 11) is 0. The molecule has 0 saturated carbocycles. The van der Waals surface area contributed by atoms with Crippen LogP contribution in [0.4, 0.5) is 10.8 Å². The van der Waals surface area contributed by atoms with Crippen molar-refractivity contribution in [2.24, 2.45) is 0 Å². The highest BCUT2D eigenvalue weighted by Crippen LogP contribution is 2.37. The zero-order chi connectivity index (χ0) is 24.2. The highest BCUT2D eigenvalue weighted by atomic mass is 35.5. The molecule has 4 aromatic rings. The third-order valence-electron chi connectivity index (χ3n) is 5.26. The minimum Gasteiger partial charge on any atom is -0.487 e. The van der Waals surface area contributed by atoms with E-state index < -0.39 is 0 Å². The van der Waals surface area contributed by atoms with Gasteiger partial charge < -0.3 is 4.74 Å². The topological polar surface area (TPSA) is 66.2 Å². The van der Waals surface area contributed by atoms with Crippen LogP contribution in [0.1, 0.15) is 29.3 Å². The monoisotopic (exact) mass is 487 g/mol. The Morgan fingerprint density at radius 3 is 2.32 bits per heavy atom. The van der Waals surface area contributed by atoms with Crippen LogP contribution in [0.15, 0.2) is 66.0 Å². The molecule has 0 atom stereocenters. The molecule has 0 N–H and O–H groups in total. The molecule has 0 aliphatic carbocycles. The van der Waals surface area contributed by atoms with Gasteiger partial charge in [0.15, 0.2) is 5.13 Å². The lowest BCUT2D eigenvalue weighted by Crippen LogP contribution is -2.24. The SMILES string of the molecule is CC(=O)N(c1nc(COc2ccc(-c3ccc(C#N)cc3)cc2)cs1)c1c(C)cc(C)cc1Cl. The molecule has 1 amide bonds. The highest BCUT2D eigenvalue weighted by molar-refractivity contribution is 7.14. The average molecular weight is 488 g/mol. The molecule has 5 nitrogen and oxygen atoms in total. The Morgan fingerprint density at radius 1 is 1.09 bits per heavy atom. The third-order valence-corrected chi connectivity index (χ3v) is 6.42. The molecule has 0 aliphatic rings. The molecule has 3 aromatic carbocycles. The first-order chi connectivity index (χ1) is 16.4. The van der Waals surface area contributed by atoms with Crippen molar-refractivity contribution in [1.29, 1.82) is 5.26 Å². The Balaban J connectivity index is 1.47. The molecular formula is C27H22ClN3O2S. The first-order valence-electron chi connectivity index (χ1n) is 10.6. The maximum absolute atomic E-state index is 12.5. The second-order valence-electron chi connectivity index (χ2n) is 7.89. The van der Waals surface area contributed by atoms with Crippen molar-refractivity contribution in [2.75, 3.05) is 4.90 Å². The number of hydrogen-bond donors (Lipinski definition) is 0. The van der Waals surface area contributed by atoms with Crippen LogP contribution in [-0.4, -0.2) is 10.9 Å². The van der Waals surface area contributed by atoms with Crippen molar-refractivity contribution in [3.63, 3.8) is 0 Å². The van der Waals surface area contributed by atoms with Crippen LogP contribution in [0.2, 0.25) is 5.02 Å². The lowest BCUT2D eigenvalue weighted by atomic mass is 10.0. The van der Waals surface area contributed by atoms with Crippen molar-refractivity contribution in [3.8, 4) is 22.9 Å². The van der Waals surface area contributed by atoms with Gasteiger partial charge in [0, 0.05) is 12.3 Å². The van der Waals surface area contributed by atoms with E-state index in [1.807, 2.05) is 67.8 Å². The predicted molar refractivity (Wildman–Crippen MR) is 137 cm³/mol. The van der Waals surface area contributed by atoms with Gasteiger partial charge in [-0.05, 0) is 66.4 Å². The molecule has 1 heterocycles. The second-order valence-corrected chi connectivity index (χ2v) is 9.13. The molecule has 34 heavy (non-hydrogen) atoms. The number of rotatable bonds is 6. The minimum absolute atomic E-state index is 0.158. The second kappa shape index (κ2) is 10.1. The van der Waals surface area contributed by atoms with Gasteiger partial charge >= 0.3 is 0 Å². The van der Waals surface area contributed by atoms with Gasteiger partial charge in [-0.15, -0.1) is 11.3 Å². The van der Waals surface area contributed by atoms with E-state index in [2.05, 4.69) is 11.1 Å². The molecule has 1 aromatic heterocycles. The number of hydrogen-bond acceptors (Lipinski definition) is 5. The van der Waals surface area contributed by atoms with E-state index in [1.54, 1.807) is 17.0 Å². The van der Waals surface area contributed by atoms with Gasteiger partial charge in [-0.3, -0.25) is 9.69 Å². The molecule has 0 aliphatic heterocycles. The number of amides is 1. The Labute approximate surface area is 207 Å². The van der Waals surface area contributed by atoms with Crippen molar-refractivity contribution in [1.82, 2.24) is 4.98 Å². The number of thiazole rings is 1. The molecule has 4 rings (SSSR count). The van der Waals surface area contributed by atoms with Gasteiger partial charge in [0.1, 0.15) is 12.4 Å². The van der Waals surface area contributed by atoms with Crippen LogP contribution in [0, 0.1) is 25.2 Å². The summed E-state index contributed by atoms with van der Waals surface area (Å²) in [5.41, 5.74) is 6.03. The number of nitrogens with zero attached hydrogens (tertiary/aromatic N) is 3. The first-order valence-corrected chi connectivity index (χ1v) is 11.9. The molecule has 0 saturated heterocycles. The third kappa shape index (κ3) is 5.12. The van der Waals surface area contributed by atoms with Crippen LogP contribution in [0.5, 0.6) is 5.75 Å². The Morgan fingerprint density at radius 2 is 1.74 bits per heavy atom.